The van der Waals surface area contributed by atoms with Crippen LogP contribution >= 0.6 is 11.6 Å². The zero-order valence-electron chi connectivity index (χ0n) is 10.6. The molecule has 0 N–H and O–H groups in total. The highest BCUT2D eigenvalue weighted by Crippen LogP contribution is 2.24. The lowest BCUT2D eigenvalue weighted by molar-refractivity contribution is -0.384. The van der Waals surface area contributed by atoms with E-state index in [1.165, 1.54) is 12.1 Å². The Morgan fingerprint density at radius 3 is 2.60 bits per heavy atom. The van der Waals surface area contributed by atoms with Crippen LogP contribution in [0.25, 0.3) is 16.9 Å². The summed E-state index contributed by atoms with van der Waals surface area (Å²) in [7, 11) is 0. The van der Waals surface area contributed by atoms with Gasteiger partial charge in [0.15, 0.2) is 0 Å². The van der Waals surface area contributed by atoms with Crippen LogP contribution in [-0.2, 0) is 0 Å². The van der Waals surface area contributed by atoms with Crippen molar-refractivity contribution in [2.24, 2.45) is 0 Å². The van der Waals surface area contributed by atoms with E-state index in [-0.39, 0.29) is 5.69 Å². The summed E-state index contributed by atoms with van der Waals surface area (Å²) in [5, 5.41) is 11.3. The van der Waals surface area contributed by atoms with Gasteiger partial charge >= 0.3 is 0 Å². The zero-order chi connectivity index (χ0) is 14.3. The van der Waals surface area contributed by atoms with Gasteiger partial charge in [-0.2, -0.15) is 0 Å². The minimum atomic E-state index is -0.419. The summed E-state index contributed by atoms with van der Waals surface area (Å²) in [5.41, 5.74) is 3.45. The van der Waals surface area contributed by atoms with E-state index < -0.39 is 4.92 Å². The van der Waals surface area contributed by atoms with Crippen LogP contribution in [0.1, 0.15) is 5.56 Å². The molecule has 0 atom stereocenters. The zero-order valence-corrected chi connectivity index (χ0v) is 11.3. The molecule has 0 spiro atoms. The number of benzene rings is 1. The molecule has 1 aromatic carbocycles. The fourth-order valence-corrected chi connectivity index (χ4v) is 2.39. The van der Waals surface area contributed by atoms with E-state index in [0.717, 1.165) is 22.5 Å². The SMILES string of the molecule is Cc1cc(Cl)cn2cc(-c3ccc([N+](=O)[O-])cc3)nc12. The van der Waals surface area contributed by atoms with E-state index in [4.69, 9.17) is 11.6 Å². The predicted octanol–water partition coefficient (Wildman–Crippen LogP) is 3.87. The van der Waals surface area contributed by atoms with Crippen molar-refractivity contribution < 1.29 is 4.92 Å². The fourth-order valence-electron chi connectivity index (χ4n) is 2.12. The number of imidazole rings is 1. The second kappa shape index (κ2) is 4.61. The topological polar surface area (TPSA) is 60.4 Å². The third-order valence-electron chi connectivity index (χ3n) is 3.08. The predicted molar refractivity (Wildman–Crippen MR) is 77.0 cm³/mol. The van der Waals surface area contributed by atoms with Crippen LogP contribution in [0.2, 0.25) is 5.02 Å². The number of aromatic nitrogens is 2. The Morgan fingerprint density at radius 2 is 1.95 bits per heavy atom. The van der Waals surface area contributed by atoms with Crippen molar-refractivity contribution >= 4 is 22.9 Å². The highest BCUT2D eigenvalue weighted by atomic mass is 35.5. The molecule has 0 aliphatic rings. The lowest BCUT2D eigenvalue weighted by atomic mass is 10.1. The van der Waals surface area contributed by atoms with E-state index in [2.05, 4.69) is 4.98 Å². The Morgan fingerprint density at radius 1 is 1.25 bits per heavy atom. The second-order valence-electron chi connectivity index (χ2n) is 4.50. The number of rotatable bonds is 2. The number of pyridine rings is 1. The average molecular weight is 288 g/mol. The van der Waals surface area contributed by atoms with Gasteiger partial charge in [0.05, 0.1) is 15.6 Å². The molecule has 0 saturated carbocycles. The summed E-state index contributed by atoms with van der Waals surface area (Å²) in [5.74, 6) is 0. The summed E-state index contributed by atoms with van der Waals surface area (Å²) in [6.45, 7) is 1.94. The van der Waals surface area contributed by atoms with Crippen LogP contribution in [0.4, 0.5) is 5.69 Å². The van der Waals surface area contributed by atoms with Gasteiger partial charge in [0.2, 0.25) is 0 Å². The molecule has 0 radical (unpaired) electrons. The van der Waals surface area contributed by atoms with E-state index >= 15 is 0 Å². The number of fused-ring (bicyclic) bond motifs is 1. The van der Waals surface area contributed by atoms with Crippen LogP contribution in [-0.4, -0.2) is 14.3 Å². The highest BCUT2D eigenvalue weighted by Gasteiger charge is 2.09. The number of non-ortho nitro benzene ring substituents is 1. The molecular weight excluding hydrogens is 278 g/mol. The van der Waals surface area contributed by atoms with Crippen molar-refractivity contribution in [1.82, 2.24) is 9.38 Å². The van der Waals surface area contributed by atoms with Gasteiger partial charge in [-0.25, -0.2) is 4.98 Å². The van der Waals surface area contributed by atoms with Crippen molar-refractivity contribution in [2.45, 2.75) is 6.92 Å². The fraction of sp³-hybridized carbons (Fsp3) is 0.0714. The summed E-state index contributed by atoms with van der Waals surface area (Å²) < 4.78 is 1.86. The number of nitro groups is 1. The average Bonchev–Trinajstić information content (AvgIpc) is 2.83. The normalized spacial score (nSPS) is 10.9. The number of nitrogens with zero attached hydrogens (tertiary/aromatic N) is 3. The molecule has 0 fully saturated rings. The number of halogens is 1. The molecule has 6 heteroatoms. The lowest BCUT2D eigenvalue weighted by Crippen LogP contribution is -1.87. The van der Waals surface area contributed by atoms with Gasteiger partial charge in [-0.1, -0.05) is 11.6 Å². The van der Waals surface area contributed by atoms with Crippen LogP contribution in [0.15, 0.2) is 42.7 Å². The summed E-state index contributed by atoms with van der Waals surface area (Å²) >= 11 is 6.01. The van der Waals surface area contributed by atoms with Gasteiger partial charge < -0.3 is 4.40 Å². The summed E-state index contributed by atoms with van der Waals surface area (Å²) in [6, 6.07) is 8.18. The van der Waals surface area contributed by atoms with Gasteiger partial charge in [0, 0.05) is 30.1 Å². The minimum absolute atomic E-state index is 0.0664. The number of aryl methyl sites for hydroxylation is 1. The molecule has 100 valence electrons. The maximum atomic E-state index is 10.6. The highest BCUT2D eigenvalue weighted by molar-refractivity contribution is 6.30. The molecule has 5 nitrogen and oxygen atoms in total. The first-order valence-corrected chi connectivity index (χ1v) is 6.32. The smallest absolute Gasteiger partial charge is 0.269 e. The van der Waals surface area contributed by atoms with Crippen LogP contribution in [0.5, 0.6) is 0 Å². The molecule has 0 aliphatic carbocycles. The Kier molecular flexibility index (Phi) is 2.91. The minimum Gasteiger partial charge on any atom is -0.305 e. The molecular formula is C14H10ClN3O2. The van der Waals surface area contributed by atoms with Gasteiger partial charge in [0.1, 0.15) is 5.65 Å². The Bertz CT molecular complexity index is 809. The maximum Gasteiger partial charge on any atom is 0.269 e. The lowest BCUT2D eigenvalue weighted by Gasteiger charge is -1.97. The molecule has 0 saturated heterocycles. The Hall–Kier alpha value is -2.40. The summed E-state index contributed by atoms with van der Waals surface area (Å²) in [6.07, 6.45) is 3.64. The number of hydrogen-bond acceptors (Lipinski definition) is 3. The molecule has 0 unspecified atom stereocenters. The third-order valence-corrected chi connectivity index (χ3v) is 3.28. The van der Waals surface area contributed by atoms with Gasteiger partial charge in [-0.3, -0.25) is 10.1 Å². The van der Waals surface area contributed by atoms with E-state index in [0.29, 0.717) is 5.02 Å². The number of nitro benzene ring substituents is 1. The summed E-state index contributed by atoms with van der Waals surface area (Å²) in [4.78, 5) is 14.8. The van der Waals surface area contributed by atoms with Crippen LogP contribution in [0, 0.1) is 17.0 Å². The Balaban J connectivity index is 2.10. The molecule has 2 heterocycles. The van der Waals surface area contributed by atoms with Gasteiger partial charge in [-0.05, 0) is 30.7 Å². The van der Waals surface area contributed by atoms with Crippen LogP contribution < -0.4 is 0 Å². The van der Waals surface area contributed by atoms with Crippen molar-refractivity contribution in [2.75, 3.05) is 0 Å². The van der Waals surface area contributed by atoms with Crippen molar-refractivity contribution in [1.29, 1.82) is 0 Å². The van der Waals surface area contributed by atoms with E-state index in [1.54, 1.807) is 18.3 Å². The quantitative estimate of drug-likeness (QED) is 0.531. The van der Waals surface area contributed by atoms with Crippen molar-refractivity contribution in [3.05, 3.63) is 63.4 Å². The molecule has 0 aliphatic heterocycles. The van der Waals surface area contributed by atoms with E-state index in [9.17, 15) is 10.1 Å². The van der Waals surface area contributed by atoms with Gasteiger partial charge in [0.25, 0.3) is 5.69 Å². The second-order valence-corrected chi connectivity index (χ2v) is 4.94. The molecule has 0 amide bonds. The monoisotopic (exact) mass is 287 g/mol. The molecule has 0 bridgehead atoms. The standard InChI is InChI=1S/C14H10ClN3O2/c1-9-6-11(15)7-17-8-13(16-14(9)17)10-2-4-12(5-3-10)18(19)20/h2-8H,1H3. The first-order chi connectivity index (χ1) is 9.54. The van der Waals surface area contributed by atoms with Gasteiger partial charge in [-0.15, -0.1) is 0 Å². The molecule has 20 heavy (non-hydrogen) atoms. The van der Waals surface area contributed by atoms with Crippen LogP contribution in [0.3, 0.4) is 0 Å². The van der Waals surface area contributed by atoms with E-state index in [1.807, 2.05) is 23.6 Å². The molecule has 3 aromatic rings. The third kappa shape index (κ3) is 2.12. The molecule has 3 rings (SSSR count). The number of hydrogen-bond donors (Lipinski definition) is 0. The Labute approximate surface area is 119 Å². The molecule has 2 aromatic heterocycles. The maximum absolute atomic E-state index is 10.6. The van der Waals surface area contributed by atoms with Crippen molar-refractivity contribution in [3.63, 3.8) is 0 Å². The largest absolute Gasteiger partial charge is 0.305 e. The van der Waals surface area contributed by atoms with Crippen molar-refractivity contribution in [3.8, 4) is 11.3 Å². The first-order valence-electron chi connectivity index (χ1n) is 5.94. The first kappa shape index (κ1) is 12.6.